The number of nitrogens with zero attached hydrogens (tertiary/aromatic N) is 2. The van der Waals surface area contributed by atoms with Gasteiger partial charge < -0.3 is 9.47 Å². The average molecular weight is 469 g/mol. The Morgan fingerprint density at radius 1 is 1.18 bits per heavy atom. The fourth-order valence-corrected chi connectivity index (χ4v) is 8.48. The van der Waals surface area contributed by atoms with Gasteiger partial charge in [0.1, 0.15) is 11.4 Å². The van der Waals surface area contributed by atoms with E-state index >= 15 is 0 Å². The summed E-state index contributed by atoms with van der Waals surface area (Å²) in [6.07, 6.45) is 1.07. The van der Waals surface area contributed by atoms with Crippen molar-refractivity contribution in [3.05, 3.63) is 65.7 Å². The summed E-state index contributed by atoms with van der Waals surface area (Å²) in [4.78, 5) is 15.1. The van der Waals surface area contributed by atoms with Crippen LogP contribution in [0.15, 0.2) is 59.5 Å². The van der Waals surface area contributed by atoms with E-state index in [4.69, 9.17) is 9.47 Å². The maximum Gasteiger partial charge on any atom is 0.415 e. The topological polar surface area (TPSA) is 76.2 Å². The summed E-state index contributed by atoms with van der Waals surface area (Å²) in [6, 6.07) is 11.9. The first kappa shape index (κ1) is 22.0. The smallest absolute Gasteiger partial charge is 0.415 e. The molecule has 2 bridgehead atoms. The molecule has 2 fully saturated rings. The molecule has 0 N–H and O–H groups in total. The number of fused-ring (bicyclic) bond motifs is 3. The van der Waals surface area contributed by atoms with Crippen LogP contribution in [-0.4, -0.2) is 44.7 Å². The highest BCUT2D eigenvalue weighted by Gasteiger charge is 2.78. The zero-order valence-corrected chi connectivity index (χ0v) is 20.1. The third kappa shape index (κ3) is 2.43. The Morgan fingerprint density at radius 2 is 1.88 bits per heavy atom. The van der Waals surface area contributed by atoms with E-state index in [0.717, 1.165) is 16.7 Å². The van der Waals surface area contributed by atoms with E-state index in [2.05, 4.69) is 6.58 Å². The molecule has 0 saturated carbocycles. The van der Waals surface area contributed by atoms with Gasteiger partial charge in [-0.3, -0.25) is 4.90 Å². The SMILES string of the molecule is C=C1[C@H]2CC[C@]3(N(C(=O)OC)c4ccc(OC)cc4[C@]13CC)N2S(=O)(=O)c1ccc(C)cc1. The second-order valence-corrected chi connectivity index (χ2v) is 10.8. The fourth-order valence-electron chi connectivity index (χ4n) is 6.48. The standard InChI is InChI=1S/C25H28N2O5S/c1-6-24-17(3)21-13-14-25(24,27(21)33(29,30)19-10-7-16(2)8-11-19)26(23(28)32-5)22-12-9-18(31-4)15-20(22)24/h7-12,15,21H,3,6,13-14H2,1-2,4-5H3/t21-,24+,25+/m1/s1. The van der Waals surface area contributed by atoms with Crippen LogP contribution in [0.3, 0.4) is 0 Å². The van der Waals surface area contributed by atoms with E-state index < -0.39 is 33.2 Å². The van der Waals surface area contributed by atoms with Gasteiger partial charge in [0.2, 0.25) is 10.0 Å². The summed E-state index contributed by atoms with van der Waals surface area (Å²) in [5.74, 6) is 0.645. The molecule has 1 spiro atoms. The number of aryl methyl sites for hydroxylation is 1. The predicted octanol–water partition coefficient (Wildman–Crippen LogP) is 4.36. The quantitative estimate of drug-likeness (QED) is 0.624. The van der Waals surface area contributed by atoms with Crippen molar-refractivity contribution in [3.8, 4) is 5.75 Å². The highest BCUT2D eigenvalue weighted by molar-refractivity contribution is 7.89. The number of anilines is 1. The number of carbonyl (C=O) groups excluding carboxylic acids is 1. The Bertz CT molecular complexity index is 1270. The maximum atomic E-state index is 14.2. The van der Waals surface area contributed by atoms with Gasteiger partial charge in [0.15, 0.2) is 0 Å². The van der Waals surface area contributed by atoms with E-state index in [1.807, 2.05) is 26.0 Å². The first-order valence-electron chi connectivity index (χ1n) is 11.1. The van der Waals surface area contributed by atoms with Crippen molar-refractivity contribution in [2.45, 2.75) is 55.1 Å². The van der Waals surface area contributed by atoms with E-state index in [9.17, 15) is 13.2 Å². The van der Waals surface area contributed by atoms with Crippen molar-refractivity contribution in [2.24, 2.45) is 0 Å². The molecular formula is C25H28N2O5S. The fraction of sp³-hybridized carbons (Fsp3) is 0.400. The molecule has 3 heterocycles. The number of amides is 1. The van der Waals surface area contributed by atoms with Crippen molar-refractivity contribution >= 4 is 21.8 Å². The lowest BCUT2D eigenvalue weighted by molar-refractivity contribution is 0.138. The van der Waals surface area contributed by atoms with Crippen LogP contribution in [0.25, 0.3) is 0 Å². The van der Waals surface area contributed by atoms with Crippen molar-refractivity contribution in [1.82, 2.24) is 4.31 Å². The highest BCUT2D eigenvalue weighted by atomic mass is 32.2. The molecule has 174 valence electrons. The number of sulfonamides is 1. The summed E-state index contributed by atoms with van der Waals surface area (Å²) < 4.78 is 40.6. The molecule has 3 aliphatic rings. The van der Waals surface area contributed by atoms with Gasteiger partial charge in [0.05, 0.1) is 30.2 Å². The van der Waals surface area contributed by atoms with Crippen LogP contribution in [0, 0.1) is 6.92 Å². The van der Waals surface area contributed by atoms with Crippen LogP contribution in [0.4, 0.5) is 10.5 Å². The van der Waals surface area contributed by atoms with Crippen LogP contribution >= 0.6 is 0 Å². The third-order valence-electron chi connectivity index (χ3n) is 7.79. The molecule has 0 aliphatic carbocycles. The van der Waals surface area contributed by atoms with Crippen molar-refractivity contribution < 1.29 is 22.7 Å². The molecule has 2 saturated heterocycles. The number of hydrogen-bond donors (Lipinski definition) is 0. The molecule has 5 rings (SSSR count). The van der Waals surface area contributed by atoms with E-state index in [1.54, 1.807) is 46.6 Å². The number of carbonyl (C=O) groups is 1. The van der Waals surface area contributed by atoms with Gasteiger partial charge in [0.25, 0.3) is 0 Å². The number of benzene rings is 2. The normalized spacial score (nSPS) is 28.1. The van der Waals surface area contributed by atoms with E-state index in [-0.39, 0.29) is 4.90 Å². The van der Waals surface area contributed by atoms with Gasteiger partial charge in [-0.1, -0.05) is 31.2 Å². The Morgan fingerprint density at radius 3 is 2.48 bits per heavy atom. The van der Waals surface area contributed by atoms with Crippen LogP contribution in [0.1, 0.15) is 37.3 Å². The van der Waals surface area contributed by atoms with Gasteiger partial charge >= 0.3 is 6.09 Å². The van der Waals surface area contributed by atoms with Gasteiger partial charge in [-0.15, -0.1) is 0 Å². The number of rotatable bonds is 4. The Hall–Kier alpha value is -2.84. The zero-order chi connectivity index (χ0) is 23.8. The first-order chi connectivity index (χ1) is 15.7. The molecule has 0 aromatic heterocycles. The summed E-state index contributed by atoms with van der Waals surface area (Å²) in [6.45, 7) is 8.37. The van der Waals surface area contributed by atoms with Crippen molar-refractivity contribution in [1.29, 1.82) is 0 Å². The average Bonchev–Trinajstić information content (AvgIpc) is 3.40. The number of hydrogen-bond acceptors (Lipinski definition) is 5. The molecule has 2 aromatic carbocycles. The van der Waals surface area contributed by atoms with Gasteiger partial charge in [-0.05, 0) is 67.7 Å². The summed E-state index contributed by atoms with van der Waals surface area (Å²) in [5, 5.41) is 0. The maximum absolute atomic E-state index is 14.2. The van der Waals surface area contributed by atoms with Crippen LogP contribution < -0.4 is 9.64 Å². The molecule has 33 heavy (non-hydrogen) atoms. The minimum absolute atomic E-state index is 0.206. The Labute approximate surface area is 194 Å². The predicted molar refractivity (Wildman–Crippen MR) is 125 cm³/mol. The van der Waals surface area contributed by atoms with Gasteiger partial charge in [-0.2, -0.15) is 4.31 Å². The van der Waals surface area contributed by atoms with Crippen LogP contribution in [0.5, 0.6) is 5.75 Å². The lowest BCUT2D eigenvalue weighted by Crippen LogP contribution is -2.64. The first-order valence-corrected chi connectivity index (χ1v) is 12.5. The van der Waals surface area contributed by atoms with Crippen molar-refractivity contribution in [3.63, 3.8) is 0 Å². The monoisotopic (exact) mass is 468 g/mol. The van der Waals surface area contributed by atoms with E-state index in [0.29, 0.717) is 30.7 Å². The lowest BCUT2D eigenvalue weighted by atomic mass is 9.63. The minimum atomic E-state index is -3.95. The molecular weight excluding hydrogens is 440 g/mol. The van der Waals surface area contributed by atoms with Gasteiger partial charge in [-0.25, -0.2) is 13.2 Å². The molecule has 7 nitrogen and oxygen atoms in total. The highest BCUT2D eigenvalue weighted by Crippen LogP contribution is 2.70. The molecule has 0 radical (unpaired) electrons. The second kappa shape index (κ2) is 7.08. The molecule has 0 unspecified atom stereocenters. The Balaban J connectivity index is 1.82. The molecule has 8 heteroatoms. The molecule has 3 aliphatic heterocycles. The number of ether oxygens (including phenoxy) is 2. The zero-order valence-electron chi connectivity index (χ0n) is 19.3. The summed E-state index contributed by atoms with van der Waals surface area (Å²) >= 11 is 0. The second-order valence-electron chi connectivity index (χ2n) is 8.96. The largest absolute Gasteiger partial charge is 0.497 e. The summed E-state index contributed by atoms with van der Waals surface area (Å²) in [7, 11) is -1.04. The van der Waals surface area contributed by atoms with Crippen molar-refractivity contribution in [2.75, 3.05) is 19.1 Å². The van der Waals surface area contributed by atoms with Crippen LogP contribution in [0.2, 0.25) is 0 Å². The summed E-state index contributed by atoms with van der Waals surface area (Å²) in [5.41, 5.74) is 1.33. The molecule has 3 atom stereocenters. The third-order valence-corrected chi connectivity index (χ3v) is 9.73. The van der Waals surface area contributed by atoms with Crippen LogP contribution in [-0.2, 0) is 20.2 Å². The van der Waals surface area contributed by atoms with Gasteiger partial charge in [0, 0.05) is 6.04 Å². The minimum Gasteiger partial charge on any atom is -0.497 e. The number of methoxy groups -OCH3 is 2. The Kier molecular flexibility index (Phi) is 4.71. The molecule has 1 amide bonds. The lowest BCUT2D eigenvalue weighted by Gasteiger charge is -2.46. The molecule has 2 aromatic rings. The van der Waals surface area contributed by atoms with E-state index in [1.165, 1.54) is 7.11 Å².